The van der Waals surface area contributed by atoms with Crippen LogP contribution in [0.1, 0.15) is 45.5 Å². The third kappa shape index (κ3) is 2.91. The first-order valence-electron chi connectivity index (χ1n) is 8.31. The fourth-order valence-electron chi connectivity index (χ4n) is 3.95. The van der Waals surface area contributed by atoms with E-state index >= 15 is 0 Å². The summed E-state index contributed by atoms with van der Waals surface area (Å²) in [4.78, 5) is 26.3. The summed E-state index contributed by atoms with van der Waals surface area (Å²) in [5.41, 5.74) is 0.897. The second-order valence-corrected chi connectivity index (χ2v) is 6.84. The largest absolute Gasteiger partial charge is 0.478 e. The van der Waals surface area contributed by atoms with Gasteiger partial charge >= 0.3 is 5.97 Å². The number of aliphatic hydroxyl groups is 1. The number of likely N-dealkylation sites (tertiary alicyclic amines) is 1. The van der Waals surface area contributed by atoms with Crippen LogP contribution in [0.2, 0.25) is 0 Å². The van der Waals surface area contributed by atoms with Crippen LogP contribution in [0, 0.1) is 12.8 Å². The number of carboxylic acids is 1. The molecule has 24 heavy (non-hydrogen) atoms. The van der Waals surface area contributed by atoms with Gasteiger partial charge in [0.15, 0.2) is 0 Å². The number of nitrogens with zero attached hydrogens (tertiary/aromatic N) is 1. The minimum Gasteiger partial charge on any atom is -0.478 e. The Bertz CT molecular complexity index is 651. The second kappa shape index (κ2) is 6.53. The Morgan fingerprint density at radius 1 is 1.33 bits per heavy atom. The Labute approximate surface area is 141 Å². The molecule has 1 aromatic rings. The van der Waals surface area contributed by atoms with Gasteiger partial charge in [0, 0.05) is 43.4 Å². The van der Waals surface area contributed by atoms with Crippen molar-refractivity contribution in [3.63, 3.8) is 0 Å². The normalized spacial score (nSPS) is 22.8. The maximum absolute atomic E-state index is 13.1. The first-order chi connectivity index (χ1) is 11.5. The van der Waals surface area contributed by atoms with Gasteiger partial charge in [-0.25, -0.2) is 4.79 Å². The molecule has 6 nitrogen and oxygen atoms in total. The predicted octanol–water partition coefficient (Wildman–Crippen LogP) is 1.70. The van der Waals surface area contributed by atoms with E-state index in [1.807, 2.05) is 4.90 Å². The molecule has 0 saturated carbocycles. The maximum atomic E-state index is 13.1. The van der Waals surface area contributed by atoms with Crippen molar-refractivity contribution in [3.05, 3.63) is 34.9 Å². The number of carboxylic acid groups (broad SMARTS) is 1. The minimum atomic E-state index is -1.03. The summed E-state index contributed by atoms with van der Waals surface area (Å²) in [7, 11) is 0. The van der Waals surface area contributed by atoms with E-state index in [0.717, 1.165) is 19.3 Å². The highest BCUT2D eigenvalue weighted by atomic mass is 16.5. The molecule has 1 unspecified atom stereocenters. The molecule has 6 heteroatoms. The highest BCUT2D eigenvalue weighted by Gasteiger charge is 2.48. The lowest BCUT2D eigenvalue weighted by Crippen LogP contribution is -2.50. The summed E-state index contributed by atoms with van der Waals surface area (Å²) in [6.07, 6.45) is 2.29. The van der Waals surface area contributed by atoms with Gasteiger partial charge in [-0.2, -0.15) is 0 Å². The van der Waals surface area contributed by atoms with Gasteiger partial charge in [-0.05, 0) is 43.9 Å². The Morgan fingerprint density at radius 3 is 2.67 bits per heavy atom. The number of hydrogen-bond donors (Lipinski definition) is 2. The zero-order valence-electron chi connectivity index (χ0n) is 13.8. The van der Waals surface area contributed by atoms with Gasteiger partial charge in [-0.1, -0.05) is 6.07 Å². The van der Waals surface area contributed by atoms with Crippen LogP contribution < -0.4 is 0 Å². The van der Waals surface area contributed by atoms with E-state index in [-0.39, 0.29) is 29.5 Å². The number of ether oxygens (including phenoxy) is 1. The summed E-state index contributed by atoms with van der Waals surface area (Å²) >= 11 is 0. The zero-order valence-corrected chi connectivity index (χ0v) is 13.8. The Kier molecular flexibility index (Phi) is 4.60. The number of rotatable bonds is 3. The van der Waals surface area contributed by atoms with E-state index in [1.165, 1.54) is 6.07 Å². The molecule has 2 fully saturated rings. The van der Waals surface area contributed by atoms with Crippen LogP contribution >= 0.6 is 0 Å². The molecule has 0 bridgehead atoms. The van der Waals surface area contributed by atoms with Gasteiger partial charge < -0.3 is 19.8 Å². The molecule has 0 radical (unpaired) electrons. The van der Waals surface area contributed by atoms with E-state index in [1.54, 1.807) is 19.1 Å². The highest BCUT2D eigenvalue weighted by Crippen LogP contribution is 2.41. The van der Waals surface area contributed by atoms with Crippen molar-refractivity contribution >= 4 is 11.9 Å². The van der Waals surface area contributed by atoms with Crippen molar-refractivity contribution in [2.45, 2.75) is 31.7 Å². The molecular formula is C18H23NO5. The molecule has 2 aliphatic rings. The number of carbonyl (C=O) groups is 2. The second-order valence-electron chi connectivity index (χ2n) is 6.84. The van der Waals surface area contributed by atoms with Gasteiger partial charge in [0.25, 0.3) is 5.91 Å². The van der Waals surface area contributed by atoms with Gasteiger partial charge in [-0.15, -0.1) is 0 Å². The molecule has 1 amide bonds. The van der Waals surface area contributed by atoms with E-state index in [4.69, 9.17) is 4.74 Å². The molecular weight excluding hydrogens is 310 g/mol. The molecule has 2 saturated heterocycles. The Morgan fingerprint density at radius 2 is 2.04 bits per heavy atom. The highest BCUT2D eigenvalue weighted by molar-refractivity contribution is 5.98. The average Bonchev–Trinajstić information content (AvgIpc) is 2.93. The smallest absolute Gasteiger partial charge is 0.335 e. The Balaban J connectivity index is 1.92. The summed E-state index contributed by atoms with van der Waals surface area (Å²) in [5, 5.41) is 18.8. The van der Waals surface area contributed by atoms with Crippen molar-refractivity contribution in [1.82, 2.24) is 4.90 Å². The fraction of sp³-hybridized carbons (Fsp3) is 0.556. The number of amides is 1. The van der Waals surface area contributed by atoms with Crippen LogP contribution in [0.25, 0.3) is 0 Å². The van der Waals surface area contributed by atoms with Crippen molar-refractivity contribution in [2.75, 3.05) is 26.4 Å². The lowest BCUT2D eigenvalue weighted by Gasteiger charge is -2.41. The fourth-order valence-corrected chi connectivity index (χ4v) is 3.95. The number of benzene rings is 1. The van der Waals surface area contributed by atoms with Crippen LogP contribution in [0.3, 0.4) is 0 Å². The lowest BCUT2D eigenvalue weighted by molar-refractivity contribution is -0.00337. The number of aliphatic hydroxyl groups excluding tert-OH is 1. The van der Waals surface area contributed by atoms with Crippen molar-refractivity contribution in [2.24, 2.45) is 5.92 Å². The third-order valence-electron chi connectivity index (χ3n) is 5.32. The number of aromatic carboxylic acids is 1. The number of aryl methyl sites for hydroxylation is 1. The summed E-state index contributed by atoms with van der Waals surface area (Å²) in [5.74, 6) is -1.12. The monoisotopic (exact) mass is 333 g/mol. The van der Waals surface area contributed by atoms with E-state index in [9.17, 15) is 19.8 Å². The van der Waals surface area contributed by atoms with E-state index < -0.39 is 5.97 Å². The molecule has 1 atom stereocenters. The quantitative estimate of drug-likeness (QED) is 0.879. The summed E-state index contributed by atoms with van der Waals surface area (Å²) in [6.45, 7) is 3.49. The molecule has 130 valence electrons. The van der Waals surface area contributed by atoms with Gasteiger partial charge in [-0.3, -0.25) is 4.79 Å². The molecule has 1 aromatic carbocycles. The first-order valence-corrected chi connectivity index (χ1v) is 8.31. The molecule has 0 aliphatic carbocycles. The average molecular weight is 333 g/mol. The van der Waals surface area contributed by atoms with E-state index in [2.05, 4.69) is 0 Å². The lowest BCUT2D eigenvalue weighted by atomic mass is 9.84. The molecule has 0 aromatic heterocycles. The molecule has 1 spiro atoms. The van der Waals surface area contributed by atoms with Crippen molar-refractivity contribution < 1.29 is 24.5 Å². The minimum absolute atomic E-state index is 0.0562. The number of hydrogen-bond acceptors (Lipinski definition) is 4. The first kappa shape index (κ1) is 16.9. The Hall–Kier alpha value is -1.92. The van der Waals surface area contributed by atoms with E-state index in [0.29, 0.717) is 30.9 Å². The van der Waals surface area contributed by atoms with Crippen LogP contribution in [-0.2, 0) is 4.74 Å². The summed E-state index contributed by atoms with van der Waals surface area (Å²) < 4.78 is 5.45. The molecule has 2 heterocycles. The van der Waals surface area contributed by atoms with Gasteiger partial charge in [0.1, 0.15) is 0 Å². The van der Waals surface area contributed by atoms with Gasteiger partial charge in [0.2, 0.25) is 0 Å². The predicted molar refractivity (Wildman–Crippen MR) is 87.2 cm³/mol. The van der Waals surface area contributed by atoms with Crippen LogP contribution in [0.15, 0.2) is 18.2 Å². The standard InChI is InChI=1S/C18H23NO5/c1-12-2-3-14(8-15(12)17(22)23)16(21)19-10-13(11-20)9-18(19)4-6-24-7-5-18/h2-3,8,13,20H,4-7,9-11H2,1H3,(H,22,23). The van der Waals surface area contributed by atoms with Crippen molar-refractivity contribution in [3.8, 4) is 0 Å². The van der Waals surface area contributed by atoms with Crippen LogP contribution in [0.5, 0.6) is 0 Å². The van der Waals surface area contributed by atoms with Crippen LogP contribution in [0.4, 0.5) is 0 Å². The molecule has 3 rings (SSSR count). The maximum Gasteiger partial charge on any atom is 0.335 e. The summed E-state index contributed by atoms with van der Waals surface area (Å²) in [6, 6.07) is 4.82. The SMILES string of the molecule is Cc1ccc(C(=O)N2CC(CO)CC23CCOCC3)cc1C(=O)O. The topological polar surface area (TPSA) is 87.1 Å². The zero-order chi connectivity index (χ0) is 17.3. The third-order valence-corrected chi connectivity index (χ3v) is 5.32. The van der Waals surface area contributed by atoms with Gasteiger partial charge in [0.05, 0.1) is 5.56 Å². The molecule has 2 N–H and O–H groups in total. The van der Waals surface area contributed by atoms with Crippen LogP contribution in [-0.4, -0.2) is 58.9 Å². The number of carbonyl (C=O) groups excluding carboxylic acids is 1. The molecule has 2 aliphatic heterocycles. The van der Waals surface area contributed by atoms with Crippen molar-refractivity contribution in [1.29, 1.82) is 0 Å².